The summed E-state index contributed by atoms with van der Waals surface area (Å²) in [6.45, 7) is 15.1. The van der Waals surface area contributed by atoms with Gasteiger partial charge in [-0.3, -0.25) is 19.3 Å². The summed E-state index contributed by atoms with van der Waals surface area (Å²) >= 11 is 0. The van der Waals surface area contributed by atoms with Gasteiger partial charge in [0.2, 0.25) is 5.91 Å². The number of methoxy groups -OCH3 is 1. The largest absolute Gasteiger partial charge is 0.495 e. The minimum absolute atomic E-state index is 0.00304. The van der Waals surface area contributed by atoms with Crippen molar-refractivity contribution in [1.29, 1.82) is 5.26 Å². The van der Waals surface area contributed by atoms with Gasteiger partial charge < -0.3 is 40.0 Å². The van der Waals surface area contributed by atoms with E-state index in [1.807, 2.05) is 24.3 Å². The van der Waals surface area contributed by atoms with Gasteiger partial charge in [0.05, 0.1) is 30.9 Å². The van der Waals surface area contributed by atoms with Crippen LogP contribution in [0.5, 0.6) is 11.5 Å². The van der Waals surface area contributed by atoms with Gasteiger partial charge in [0, 0.05) is 92.1 Å². The number of piperidine rings is 1. The number of anilines is 2. The van der Waals surface area contributed by atoms with E-state index in [-0.39, 0.29) is 66.2 Å². The van der Waals surface area contributed by atoms with Crippen molar-refractivity contribution < 1.29 is 33.0 Å². The first-order chi connectivity index (χ1) is 28.8. The summed E-state index contributed by atoms with van der Waals surface area (Å²) in [6, 6.07) is 19.5. The highest BCUT2D eigenvalue weighted by Gasteiger charge is 2.64. The maximum absolute atomic E-state index is 14.8. The average molecular weight is 824 g/mol. The Morgan fingerprint density at radius 3 is 2.25 bits per heavy atom. The Kier molecular flexibility index (Phi) is 12.9. The molecule has 4 aliphatic rings. The molecule has 0 unspecified atom stereocenters. The molecule has 1 atom stereocenters. The third-order valence-corrected chi connectivity index (χ3v) is 13.0. The van der Waals surface area contributed by atoms with E-state index in [0.717, 1.165) is 70.0 Å². The maximum Gasteiger partial charge on any atom is 0.254 e. The molecular weight excluding hydrogens is 766 g/mol. The number of piperazine rings is 1. The molecule has 14 heteroatoms. The first kappa shape index (κ1) is 42.7. The van der Waals surface area contributed by atoms with Gasteiger partial charge in [-0.2, -0.15) is 5.26 Å². The van der Waals surface area contributed by atoms with Gasteiger partial charge in [-0.05, 0) is 79.8 Å². The fourth-order valence-corrected chi connectivity index (χ4v) is 9.81. The van der Waals surface area contributed by atoms with Crippen molar-refractivity contribution in [2.24, 2.45) is 16.7 Å². The van der Waals surface area contributed by atoms with E-state index < -0.39 is 11.7 Å². The number of carbonyl (C=O) groups is 3. The predicted molar refractivity (Wildman–Crippen MR) is 227 cm³/mol. The smallest absolute Gasteiger partial charge is 0.254 e. The van der Waals surface area contributed by atoms with Crippen LogP contribution in [0.2, 0.25) is 0 Å². The highest BCUT2D eigenvalue weighted by molar-refractivity contribution is 5.96. The van der Waals surface area contributed by atoms with Gasteiger partial charge in [-0.15, -0.1) is 0 Å². The van der Waals surface area contributed by atoms with Crippen LogP contribution in [-0.2, 0) is 9.53 Å². The monoisotopic (exact) mass is 823 g/mol. The number of nitriles is 1. The molecule has 1 saturated carbocycles. The molecule has 13 nitrogen and oxygen atoms in total. The zero-order chi connectivity index (χ0) is 42.6. The highest BCUT2D eigenvalue weighted by Crippen LogP contribution is 2.55. The number of benzene rings is 3. The van der Waals surface area contributed by atoms with Crippen molar-refractivity contribution in [1.82, 2.24) is 20.9 Å². The number of halogens is 1. The minimum Gasteiger partial charge on any atom is -0.495 e. The zero-order valence-corrected chi connectivity index (χ0v) is 35.4. The summed E-state index contributed by atoms with van der Waals surface area (Å²) in [7, 11) is 1.53. The number of amides is 3. The van der Waals surface area contributed by atoms with Crippen LogP contribution in [-0.4, -0.2) is 107 Å². The molecule has 7 rings (SSSR count). The number of nitrogens with one attached hydrogen (secondary N) is 3. The second kappa shape index (κ2) is 18.1. The van der Waals surface area contributed by atoms with E-state index in [9.17, 15) is 24.0 Å². The Morgan fingerprint density at radius 1 is 0.883 bits per heavy atom. The van der Waals surface area contributed by atoms with Gasteiger partial charge in [-0.25, -0.2) is 4.39 Å². The Bertz CT molecular complexity index is 2060. The predicted octanol–water partition coefficient (Wildman–Crippen LogP) is 5.34. The van der Waals surface area contributed by atoms with Crippen molar-refractivity contribution in [3.63, 3.8) is 0 Å². The van der Waals surface area contributed by atoms with Gasteiger partial charge in [0.25, 0.3) is 11.8 Å². The molecule has 0 radical (unpaired) electrons. The van der Waals surface area contributed by atoms with E-state index in [1.54, 1.807) is 30.3 Å². The quantitative estimate of drug-likeness (QED) is 0.232. The van der Waals surface area contributed by atoms with E-state index in [4.69, 9.17) is 14.2 Å². The van der Waals surface area contributed by atoms with Crippen molar-refractivity contribution in [3.8, 4) is 17.6 Å². The summed E-state index contributed by atoms with van der Waals surface area (Å²) in [5.74, 6) is 0.359. The molecule has 3 N–H and O–H groups in total. The average Bonchev–Trinajstić information content (AvgIpc) is 3.24. The molecule has 3 aromatic rings. The topological polar surface area (TPSA) is 149 Å². The van der Waals surface area contributed by atoms with Crippen LogP contribution >= 0.6 is 0 Å². The molecule has 320 valence electrons. The van der Waals surface area contributed by atoms with Gasteiger partial charge >= 0.3 is 0 Å². The Labute approximate surface area is 352 Å². The zero-order valence-electron chi connectivity index (χ0n) is 35.4. The van der Waals surface area contributed by atoms with Crippen molar-refractivity contribution in [3.05, 3.63) is 83.2 Å². The Morgan fingerprint density at radius 2 is 1.57 bits per heavy atom. The molecule has 3 aliphatic heterocycles. The van der Waals surface area contributed by atoms with E-state index in [0.29, 0.717) is 35.0 Å². The lowest BCUT2D eigenvalue weighted by Crippen LogP contribution is -2.74. The van der Waals surface area contributed by atoms with E-state index in [1.165, 1.54) is 13.2 Å². The summed E-state index contributed by atoms with van der Waals surface area (Å²) < 4.78 is 32.1. The first-order valence-corrected chi connectivity index (χ1v) is 21.1. The third kappa shape index (κ3) is 9.32. The molecule has 1 aliphatic carbocycles. The van der Waals surface area contributed by atoms with Gasteiger partial charge in [-0.1, -0.05) is 27.7 Å². The lowest BCUT2D eigenvalue weighted by molar-refractivity contribution is -0.164. The van der Waals surface area contributed by atoms with Crippen molar-refractivity contribution >= 4 is 29.1 Å². The van der Waals surface area contributed by atoms with E-state index in [2.05, 4.69) is 64.4 Å². The summed E-state index contributed by atoms with van der Waals surface area (Å²) in [5, 5.41) is 18.1. The highest BCUT2D eigenvalue weighted by atomic mass is 19.1. The number of nitrogens with zero attached hydrogens (tertiary/aromatic N) is 4. The number of rotatable bonds is 11. The number of carbonyl (C=O) groups excluding carboxylic acids is 3. The molecule has 60 heavy (non-hydrogen) atoms. The van der Waals surface area contributed by atoms with Crippen LogP contribution in [0.1, 0.15) is 79.7 Å². The summed E-state index contributed by atoms with van der Waals surface area (Å²) in [4.78, 5) is 45.5. The molecule has 0 bridgehead atoms. The van der Waals surface area contributed by atoms with Crippen LogP contribution in [0.4, 0.5) is 15.8 Å². The van der Waals surface area contributed by atoms with Crippen LogP contribution in [0.3, 0.4) is 0 Å². The van der Waals surface area contributed by atoms with Crippen LogP contribution in [0.15, 0.2) is 60.7 Å². The molecule has 3 saturated heterocycles. The molecular formula is C46H58FN7O6. The van der Waals surface area contributed by atoms with Gasteiger partial charge in [0.1, 0.15) is 36.2 Å². The molecule has 3 heterocycles. The SMILES string of the molecule is COc1cc(OC2C(C)(C)C(NC(=O)c3ccc(N4CCC(CN5CCN(c6ccc(F)c(C(=O)N[C@H]7CCC(=O)NCOC7)c6)CC5)CC4)cc3)C2(C)C)ccc1C#N. The fourth-order valence-electron chi connectivity index (χ4n) is 9.81. The number of ether oxygens (including phenoxy) is 3. The molecule has 3 amide bonds. The lowest BCUT2D eigenvalue weighted by atomic mass is 9.49. The molecule has 0 aromatic heterocycles. The second-order valence-electron chi connectivity index (χ2n) is 17.8. The lowest BCUT2D eigenvalue weighted by Gasteiger charge is -2.63. The van der Waals surface area contributed by atoms with Crippen LogP contribution < -0.4 is 35.2 Å². The summed E-state index contributed by atoms with van der Waals surface area (Å²) in [6.07, 6.45) is 2.69. The fraction of sp³-hybridized carbons (Fsp3) is 0.522. The maximum atomic E-state index is 14.8. The first-order valence-electron chi connectivity index (χ1n) is 21.1. The second-order valence-corrected chi connectivity index (χ2v) is 17.8. The van der Waals surface area contributed by atoms with Gasteiger partial charge in [0.15, 0.2) is 0 Å². The number of hydrogen-bond donors (Lipinski definition) is 3. The third-order valence-electron chi connectivity index (χ3n) is 13.0. The van der Waals surface area contributed by atoms with Crippen molar-refractivity contribution in [2.45, 2.75) is 71.6 Å². The Balaban J connectivity index is 0.851. The standard InChI is InChI=1S/C46H58FN7O6/c1-45(2)43(46(3,4)44(45)60-36-13-8-32(26-48)39(25-36)58-5)51-41(56)31-6-10-34(11-7-31)53-18-16-30(17-19-53)27-52-20-22-54(23-21-52)35-12-14-38(47)37(24-35)42(57)50-33-9-15-40(55)49-29-59-28-33/h6-8,10-14,24-25,30,33,43-44H,9,15-23,27-29H2,1-5H3,(H,49,55)(H,50,57)(H,51,56)/t33-,43?,44?/m0/s1. The minimum atomic E-state index is -0.575. The normalized spacial score (nSPS) is 23.2. The summed E-state index contributed by atoms with van der Waals surface area (Å²) in [5.41, 5.74) is 2.31. The van der Waals surface area contributed by atoms with Crippen LogP contribution in [0, 0.1) is 33.9 Å². The molecule has 3 aromatic carbocycles. The van der Waals surface area contributed by atoms with Crippen molar-refractivity contribution in [2.75, 3.05) is 76.1 Å². The van der Waals surface area contributed by atoms with Crippen LogP contribution in [0.25, 0.3) is 0 Å². The van der Waals surface area contributed by atoms with E-state index >= 15 is 0 Å². The Hall–Kier alpha value is -5.39. The number of hydrogen-bond acceptors (Lipinski definition) is 10. The molecule has 0 spiro atoms. The molecule has 4 fully saturated rings.